The molecule has 1 radical (unpaired) electrons. The minimum absolute atomic E-state index is 0. The van der Waals surface area contributed by atoms with Crippen molar-refractivity contribution in [2.24, 2.45) is 0 Å². The molecule has 0 saturated heterocycles. The first kappa shape index (κ1) is 29.7. The van der Waals surface area contributed by atoms with E-state index in [1.165, 1.54) is 38.8 Å². The van der Waals surface area contributed by atoms with Gasteiger partial charge in [0.25, 0.3) is 0 Å². The summed E-state index contributed by atoms with van der Waals surface area (Å²) < 4.78 is 8.92. The van der Waals surface area contributed by atoms with Crippen LogP contribution in [0.2, 0.25) is 0 Å². The summed E-state index contributed by atoms with van der Waals surface area (Å²) in [5.74, 6) is -1.47. The Morgan fingerprint density at radius 3 is 1.39 bits per heavy atom. The van der Waals surface area contributed by atoms with E-state index in [9.17, 15) is 19.2 Å². The summed E-state index contributed by atoms with van der Waals surface area (Å²) in [4.78, 5) is 44.8. The van der Waals surface area contributed by atoms with Gasteiger partial charge in [-0.15, -0.1) is 0 Å². The summed E-state index contributed by atoms with van der Waals surface area (Å²) in [6, 6.07) is -1.71. The van der Waals surface area contributed by atoms with Crippen molar-refractivity contribution in [3.05, 3.63) is 72.2 Å². The van der Waals surface area contributed by atoms with Crippen molar-refractivity contribution in [3.63, 3.8) is 0 Å². The molecule has 0 unspecified atom stereocenters. The van der Waals surface area contributed by atoms with E-state index in [4.69, 9.17) is 10.2 Å². The number of hydrogen-bond donors (Lipinski definition) is 4. The molecule has 0 amide bonds. The fraction of sp³-hybridized carbons (Fsp3) is 0.273. The molecule has 0 bridgehead atoms. The smallest absolute Gasteiger partial charge is 0.330 e. The molecule has 0 aromatic rings. The van der Waals surface area contributed by atoms with Crippen LogP contribution in [0.3, 0.4) is 0 Å². The van der Waals surface area contributed by atoms with E-state index in [-0.39, 0.29) is 28.3 Å². The molecule has 4 N–H and O–H groups in total. The number of carbonyl (C=O) groups is 4. The van der Waals surface area contributed by atoms with Crippen molar-refractivity contribution in [3.8, 4) is 0 Å². The predicted molar refractivity (Wildman–Crippen MR) is 115 cm³/mol. The number of aliphatic hydroxyl groups is 2. The van der Waals surface area contributed by atoms with Gasteiger partial charge in [0, 0.05) is 40.3 Å². The summed E-state index contributed by atoms with van der Waals surface area (Å²) in [6.07, 6.45) is 15.5. The Bertz CT molecular complexity index is 815. The van der Waals surface area contributed by atoms with Gasteiger partial charge < -0.3 is 30.3 Å². The maximum Gasteiger partial charge on any atom is 0.330 e. The van der Waals surface area contributed by atoms with Gasteiger partial charge in [0.05, 0.1) is 27.4 Å². The molecule has 0 heterocycles. The van der Waals surface area contributed by atoms with Crippen LogP contribution in [0.25, 0.3) is 0 Å². The third-order valence-electron chi connectivity index (χ3n) is 4.05. The van der Waals surface area contributed by atoms with E-state index in [0.717, 1.165) is 0 Å². The molecule has 2 rings (SSSR count). The van der Waals surface area contributed by atoms with Gasteiger partial charge in [-0.05, 0) is 24.3 Å². The Kier molecular flexibility index (Phi) is 14.8. The molecule has 0 aromatic carbocycles. The molecule has 181 valence electrons. The van der Waals surface area contributed by atoms with E-state index in [1.807, 2.05) is 0 Å². The molecule has 2 aliphatic rings. The average molecular weight is 505 g/mol. The fourth-order valence-electron chi connectivity index (χ4n) is 2.26. The molecular weight excluding hydrogens is 479 g/mol. The van der Waals surface area contributed by atoms with Crippen molar-refractivity contribution in [2.45, 2.75) is 12.1 Å². The first-order valence-corrected chi connectivity index (χ1v) is 9.45. The Labute approximate surface area is 201 Å². The normalized spacial score (nSPS) is 18.1. The summed E-state index contributed by atoms with van der Waals surface area (Å²) in [7, 11) is 2.46. The molecule has 2 aliphatic carbocycles. The first-order valence-electron chi connectivity index (χ1n) is 9.45. The van der Waals surface area contributed by atoms with Crippen molar-refractivity contribution >= 4 is 23.5 Å². The van der Waals surface area contributed by atoms with Crippen LogP contribution in [0.15, 0.2) is 72.2 Å². The van der Waals surface area contributed by atoms with Gasteiger partial charge >= 0.3 is 11.9 Å². The van der Waals surface area contributed by atoms with Gasteiger partial charge in [-0.3, -0.25) is 9.59 Å². The van der Waals surface area contributed by atoms with E-state index >= 15 is 0 Å². The molecule has 0 aromatic heterocycles. The number of nitrogens with one attached hydrogen (secondary N) is 2. The predicted octanol–water partition coefficient (Wildman–Crippen LogP) is -0.625. The molecule has 0 spiro atoms. The fourth-order valence-corrected chi connectivity index (χ4v) is 2.26. The standard InChI is InChI=1S/2C11H13NO4.Co/c2*1-16-11(15)9(7-13)12-6-8-4-2-3-5-10(8)14;/h2*2-6,9,12-13H,7H2,1H3;/b2*8-6-;/t2*9-;/m00./s1. The third-order valence-corrected chi connectivity index (χ3v) is 4.05. The Hall–Kier alpha value is -3.25. The van der Waals surface area contributed by atoms with E-state index < -0.39 is 37.2 Å². The van der Waals surface area contributed by atoms with Crippen molar-refractivity contribution in [2.75, 3.05) is 27.4 Å². The summed E-state index contributed by atoms with van der Waals surface area (Å²) in [6.45, 7) is -0.797. The topological polar surface area (TPSA) is 151 Å². The van der Waals surface area contributed by atoms with Gasteiger partial charge in [-0.2, -0.15) is 0 Å². The quantitative estimate of drug-likeness (QED) is 0.248. The second kappa shape index (κ2) is 16.4. The SMILES string of the molecule is COC(=O)[C@H](CO)N/C=C1/C=CC=CC1=O.COC(=O)[C@H](CO)N/C=C1/C=CC=CC1=O.[Co]. The Morgan fingerprint density at radius 2 is 1.12 bits per heavy atom. The van der Waals surface area contributed by atoms with Crippen LogP contribution in [0.5, 0.6) is 0 Å². The minimum Gasteiger partial charge on any atom is -0.467 e. The zero-order valence-corrected chi connectivity index (χ0v) is 19.1. The molecule has 10 nitrogen and oxygen atoms in total. The first-order chi connectivity index (χ1) is 15.4. The van der Waals surface area contributed by atoms with Crippen LogP contribution in [0.1, 0.15) is 0 Å². The van der Waals surface area contributed by atoms with Crippen molar-refractivity contribution in [1.82, 2.24) is 10.6 Å². The van der Waals surface area contributed by atoms with Crippen molar-refractivity contribution in [1.29, 1.82) is 0 Å². The molecule has 0 fully saturated rings. The van der Waals surface area contributed by atoms with Crippen LogP contribution < -0.4 is 10.6 Å². The second-order valence-corrected chi connectivity index (χ2v) is 6.21. The van der Waals surface area contributed by atoms with Crippen LogP contribution in [-0.2, 0) is 45.4 Å². The van der Waals surface area contributed by atoms with Gasteiger partial charge in [0.15, 0.2) is 11.6 Å². The summed E-state index contributed by atoms with van der Waals surface area (Å²) in [5, 5.41) is 23.1. The summed E-state index contributed by atoms with van der Waals surface area (Å²) in [5.41, 5.74) is 0.842. The van der Waals surface area contributed by atoms with E-state index in [2.05, 4.69) is 20.1 Å². The third kappa shape index (κ3) is 10.3. The maximum absolute atomic E-state index is 11.3. The van der Waals surface area contributed by atoms with Gasteiger partial charge in [0.1, 0.15) is 12.1 Å². The number of methoxy groups -OCH3 is 2. The number of esters is 2. The monoisotopic (exact) mass is 505 g/mol. The summed E-state index contributed by atoms with van der Waals surface area (Å²) >= 11 is 0. The zero-order chi connectivity index (χ0) is 23.9. The number of allylic oxidation sites excluding steroid dienone is 10. The van der Waals surface area contributed by atoms with Crippen LogP contribution in [0, 0.1) is 0 Å². The Balaban J connectivity index is 0.000000602. The molecular formula is C22H26CoN2O8. The molecule has 0 aliphatic heterocycles. The van der Waals surface area contributed by atoms with Crippen LogP contribution in [0.4, 0.5) is 0 Å². The number of hydrogen-bond acceptors (Lipinski definition) is 10. The Morgan fingerprint density at radius 1 is 0.788 bits per heavy atom. The van der Waals surface area contributed by atoms with E-state index in [1.54, 1.807) is 36.5 Å². The largest absolute Gasteiger partial charge is 0.467 e. The van der Waals surface area contributed by atoms with Crippen molar-refractivity contribution < 1.29 is 55.6 Å². The van der Waals surface area contributed by atoms with Crippen LogP contribution >= 0.6 is 0 Å². The van der Waals surface area contributed by atoms with Crippen LogP contribution in [-0.4, -0.2) is 73.2 Å². The maximum atomic E-state index is 11.3. The average Bonchev–Trinajstić information content (AvgIpc) is 2.82. The second-order valence-electron chi connectivity index (χ2n) is 6.21. The number of rotatable bonds is 8. The zero-order valence-electron chi connectivity index (χ0n) is 18.0. The number of ether oxygens (including phenoxy) is 2. The van der Waals surface area contributed by atoms with E-state index in [0.29, 0.717) is 11.1 Å². The van der Waals surface area contributed by atoms with Gasteiger partial charge in [-0.1, -0.05) is 24.3 Å². The number of ketones is 2. The molecule has 2 atom stereocenters. The number of aliphatic hydroxyl groups excluding tert-OH is 2. The number of carbonyl (C=O) groups excluding carboxylic acids is 4. The van der Waals surface area contributed by atoms with Gasteiger partial charge in [0.2, 0.25) is 0 Å². The minimum atomic E-state index is -0.857. The molecule has 11 heteroatoms. The van der Waals surface area contributed by atoms with Gasteiger partial charge in [-0.25, -0.2) is 9.59 Å². The molecule has 0 saturated carbocycles. The molecule has 33 heavy (non-hydrogen) atoms.